The second-order valence-corrected chi connectivity index (χ2v) is 10.1. The van der Waals surface area contributed by atoms with Gasteiger partial charge in [-0.1, -0.05) is 157 Å². The van der Waals surface area contributed by atoms with Crippen LogP contribution in [0.1, 0.15) is 62.7 Å². The number of hydrogen-bond donors (Lipinski definition) is 0. The molecule has 1 aromatic heterocycles. The van der Waals surface area contributed by atoms with Crippen molar-refractivity contribution in [2.24, 2.45) is 0 Å². The molecular weight excluding hydrogens is 583 g/mol. The van der Waals surface area contributed by atoms with E-state index in [2.05, 4.69) is 15.0 Å². The van der Waals surface area contributed by atoms with Crippen LogP contribution in [0.25, 0.3) is 67.5 Å². The smallest absolute Gasteiger partial charge is 0.164 e. The highest BCUT2D eigenvalue weighted by Crippen LogP contribution is 2.50. The van der Waals surface area contributed by atoms with Crippen molar-refractivity contribution < 1.29 is 39.8 Å². The molecule has 7 aromatic rings. The molecule has 1 heterocycles. The van der Waals surface area contributed by atoms with Crippen molar-refractivity contribution in [3.8, 4) is 67.5 Å². The molecule has 48 heavy (non-hydrogen) atoms. The molecule has 0 saturated carbocycles. The first-order valence-electron chi connectivity index (χ1n) is 28.6. The third-order valence-corrected chi connectivity index (χ3v) is 7.34. The van der Waals surface area contributed by atoms with Crippen LogP contribution in [0.15, 0.2) is 175 Å². The predicted molar refractivity (Wildman–Crippen MR) is 196 cm³/mol. The summed E-state index contributed by atoms with van der Waals surface area (Å²) in [5, 5.41) is 0. The van der Waals surface area contributed by atoms with Gasteiger partial charge in [-0.05, 0) is 62.6 Å². The Bertz CT molecular complexity index is 3850. The molecule has 2 atom stereocenters. The zero-order chi connectivity index (χ0) is 57.1. The quantitative estimate of drug-likeness (QED) is 0.187. The van der Waals surface area contributed by atoms with Crippen LogP contribution in [0.4, 0.5) is 0 Å². The Morgan fingerprint density at radius 2 is 0.792 bits per heavy atom. The van der Waals surface area contributed by atoms with Crippen molar-refractivity contribution in [3.63, 3.8) is 0 Å². The van der Waals surface area contributed by atoms with Crippen molar-refractivity contribution in [2.45, 2.75) is 11.8 Å². The molecule has 3 heteroatoms. The van der Waals surface area contributed by atoms with E-state index in [1.807, 2.05) is 0 Å². The summed E-state index contributed by atoms with van der Waals surface area (Å²) in [5.41, 5.74) is -7.89. The van der Waals surface area contributed by atoms with Gasteiger partial charge in [0.15, 0.2) is 17.5 Å². The van der Waals surface area contributed by atoms with Gasteiger partial charge in [0.25, 0.3) is 0 Å². The lowest BCUT2D eigenvalue weighted by atomic mass is 9.69. The van der Waals surface area contributed by atoms with E-state index >= 15 is 0 Å². The monoisotopic (exact) mass is 642 g/mol. The van der Waals surface area contributed by atoms with Crippen LogP contribution in [0.2, 0.25) is 0 Å². The van der Waals surface area contributed by atoms with E-state index in [-0.39, 0.29) is 0 Å². The van der Waals surface area contributed by atoms with E-state index in [0.717, 1.165) is 0 Å². The summed E-state index contributed by atoms with van der Waals surface area (Å²) in [7, 11) is 0. The van der Waals surface area contributed by atoms with Gasteiger partial charge < -0.3 is 0 Å². The fourth-order valence-electron chi connectivity index (χ4n) is 5.21. The number of aromatic nitrogens is 3. The topological polar surface area (TPSA) is 38.7 Å². The van der Waals surface area contributed by atoms with Crippen LogP contribution in [-0.4, -0.2) is 15.0 Å². The molecule has 2 unspecified atom stereocenters. The van der Waals surface area contributed by atoms with Gasteiger partial charge in [0.05, 0.1) is 39.8 Å². The Morgan fingerprint density at radius 1 is 0.354 bits per heavy atom. The van der Waals surface area contributed by atoms with Gasteiger partial charge in [0.1, 0.15) is 0 Å². The van der Waals surface area contributed by atoms with Gasteiger partial charge in [-0.3, -0.25) is 0 Å². The molecule has 0 bridgehead atoms. The third kappa shape index (κ3) is 5.06. The summed E-state index contributed by atoms with van der Waals surface area (Å²) in [6.07, 6.45) is 0. The molecule has 0 radical (unpaired) electrons. The Balaban J connectivity index is 1.39. The highest BCUT2D eigenvalue weighted by Gasteiger charge is 2.31. The highest BCUT2D eigenvalue weighted by atomic mass is 15.0. The van der Waals surface area contributed by atoms with Crippen molar-refractivity contribution in [3.05, 3.63) is 186 Å². The van der Waals surface area contributed by atoms with E-state index in [9.17, 15) is 6.85 Å². The third-order valence-electron chi connectivity index (χ3n) is 7.34. The zero-order valence-corrected chi connectivity index (χ0v) is 24.0. The fourth-order valence-corrected chi connectivity index (χ4v) is 5.21. The normalized spacial score (nSPS) is 25.0. The van der Waals surface area contributed by atoms with Crippen molar-refractivity contribution in [1.29, 1.82) is 0 Å². The van der Waals surface area contributed by atoms with Gasteiger partial charge in [-0.2, -0.15) is 0 Å². The molecule has 0 amide bonds. The number of rotatable bonds is 5. The molecule has 0 spiro atoms. The lowest BCUT2D eigenvalue weighted by molar-refractivity contribution is 0.720. The van der Waals surface area contributed by atoms with Crippen molar-refractivity contribution >= 4 is 0 Å². The van der Waals surface area contributed by atoms with E-state index in [0.29, 0.717) is 0 Å². The molecule has 0 saturated heterocycles. The Morgan fingerprint density at radius 3 is 1.40 bits per heavy atom. The predicted octanol–water partition coefficient (Wildman–Crippen LogP) is 11.2. The number of fused-ring (bicyclic) bond motifs is 6. The lowest BCUT2D eigenvalue weighted by Gasteiger charge is -2.34. The minimum Gasteiger partial charge on any atom is -0.208 e. The number of allylic oxidation sites excluding steroid dienone is 4. The average molecular weight is 643 g/mol. The molecule has 0 N–H and O–H groups in total. The van der Waals surface area contributed by atoms with Crippen LogP contribution in [0.5, 0.6) is 0 Å². The van der Waals surface area contributed by atoms with Crippen molar-refractivity contribution in [1.82, 2.24) is 15.0 Å². The van der Waals surface area contributed by atoms with Crippen LogP contribution >= 0.6 is 0 Å². The van der Waals surface area contributed by atoms with E-state index in [4.69, 9.17) is 32.9 Å². The first-order chi connectivity index (χ1) is 35.9. The summed E-state index contributed by atoms with van der Waals surface area (Å²) in [4.78, 5) is 12.6. The van der Waals surface area contributed by atoms with E-state index in [1.165, 1.54) is 0 Å². The lowest BCUT2D eigenvalue weighted by Crippen LogP contribution is -2.16. The molecule has 9 rings (SSSR count). The van der Waals surface area contributed by atoms with Gasteiger partial charge in [-0.25, -0.2) is 15.0 Å². The van der Waals surface area contributed by atoms with E-state index < -0.39 is 266 Å². The minimum atomic E-state index is -1.66. The molecule has 0 fully saturated rings. The Hall–Kier alpha value is -6.19. The van der Waals surface area contributed by atoms with Crippen LogP contribution in [0, 0.1) is 0 Å². The fraction of sp³-hybridized carbons (Fsp3) is 0.0444. The summed E-state index contributed by atoms with van der Waals surface area (Å²) in [5.74, 6) is -5.86. The average Bonchev–Trinajstić information content (AvgIpc) is 3.48. The summed E-state index contributed by atoms with van der Waals surface area (Å²) >= 11 is 0. The number of hydrogen-bond acceptors (Lipinski definition) is 3. The van der Waals surface area contributed by atoms with Crippen molar-refractivity contribution in [2.75, 3.05) is 0 Å². The molecule has 226 valence electrons. The molecule has 2 aliphatic carbocycles. The van der Waals surface area contributed by atoms with E-state index in [1.54, 1.807) is 0 Å². The van der Waals surface area contributed by atoms with Crippen LogP contribution in [-0.2, 0) is 0 Å². The van der Waals surface area contributed by atoms with Gasteiger partial charge in [0.2, 0.25) is 0 Å². The maximum atomic E-state index is 9.71. The molecule has 6 aromatic carbocycles. The Labute approximate surface area is 321 Å². The minimum absolute atomic E-state index is 0.399. The van der Waals surface area contributed by atoms with Crippen LogP contribution < -0.4 is 0 Å². The highest BCUT2D eigenvalue weighted by molar-refractivity contribution is 5.83. The molecule has 0 aliphatic heterocycles. The number of benzene rings is 6. The van der Waals surface area contributed by atoms with Gasteiger partial charge in [0, 0.05) is 28.5 Å². The maximum Gasteiger partial charge on any atom is 0.164 e. The first-order valence-corrected chi connectivity index (χ1v) is 14.1. The second kappa shape index (κ2) is 11.9. The Kier molecular flexibility index (Phi) is 2.77. The maximum absolute atomic E-state index is 9.71. The van der Waals surface area contributed by atoms with Gasteiger partial charge in [-0.15, -0.1) is 0 Å². The van der Waals surface area contributed by atoms with Crippen LogP contribution in [0.3, 0.4) is 0 Å². The summed E-state index contributed by atoms with van der Waals surface area (Å²) in [6, 6.07) is -26.6. The largest absolute Gasteiger partial charge is 0.208 e. The number of nitrogens with zero attached hydrogens (tertiary/aromatic N) is 3. The first kappa shape index (κ1) is 11.2. The van der Waals surface area contributed by atoms with Gasteiger partial charge >= 0.3 is 0 Å². The summed E-state index contributed by atoms with van der Waals surface area (Å²) < 4.78 is 256. The SMILES string of the molecule is [2H]C1=C([2H])C2c3c([2H])c([2H])c([2H])c([2H])c3-c3c([2H])c(-c4c([2H])c([2H])c([2H])c(-c5c([2H])c([2H])c([2H])c(-c6nc(-c7c([2H])c([2H])c([2H])c([2H])c7[2H])nc(-c7c([2H])c([2H])c([2H])c([2H])c7[2H])n6)c5[2H])c4[2H])c([2H])c([2H])c3C2C([2H])=C1[2H]. The summed E-state index contributed by atoms with van der Waals surface area (Å²) in [6.45, 7) is 0. The molecule has 2 aliphatic rings. The molecule has 3 nitrogen and oxygen atoms in total. The standard InChI is InChI=1S/C45H31N3/c1-3-13-30(14-4-1)43-46-44(31-15-5-2-6-16-31)48-45(47-43)36-20-12-19-34(28-36)32-17-11-18-33(27-32)35-25-26-41-39-23-8-7-21-37(39)38-22-9-10-24-40(38)42(41)29-35/h1-29,37,39H/i1D,2D,3D,4D,5D,6D,7D,8D,9D,10D,11D,12D,13D,14D,15D,16D,17D,18D,19D,20D,21D,22D,23D,24D,25D,26D,27D,28D,29D. The molecular formula is C45H31N3. The second-order valence-electron chi connectivity index (χ2n) is 10.1. The zero-order valence-electron chi connectivity index (χ0n) is 53.0.